The SMILES string of the molecule is CC(C)CC[C@H](O)[C@H](CC1CCCCC1)NC(=O)[C@H](Cc1c[nH]cn1)N(C)C(=O)[C@H](Cc1ccccc1)OC(=O)N(C)CCCS(=O)(=O)CC(C)C. The van der Waals surface area contributed by atoms with Crippen LogP contribution in [0.25, 0.3) is 0 Å². The van der Waals surface area contributed by atoms with Crippen molar-refractivity contribution in [1.29, 1.82) is 0 Å². The van der Waals surface area contributed by atoms with E-state index < -0.39 is 52.0 Å². The quantitative estimate of drug-likeness (QED) is 0.158. The number of hydrogen-bond donors (Lipinski definition) is 3. The zero-order valence-corrected chi connectivity index (χ0v) is 32.9. The number of likely N-dealkylation sites (N-methyl/N-ethyl adjacent to an activating group) is 1. The number of aliphatic hydroxyl groups excluding tert-OH is 1. The second-order valence-electron chi connectivity index (χ2n) is 15.5. The van der Waals surface area contributed by atoms with Crippen LogP contribution in [0, 0.1) is 17.8 Å². The van der Waals surface area contributed by atoms with Gasteiger partial charge in [-0.2, -0.15) is 0 Å². The molecule has 4 atom stereocenters. The average Bonchev–Trinajstić information content (AvgIpc) is 3.62. The molecule has 1 heterocycles. The van der Waals surface area contributed by atoms with Crippen molar-refractivity contribution in [2.24, 2.45) is 17.8 Å². The van der Waals surface area contributed by atoms with Crippen LogP contribution in [0.1, 0.15) is 96.7 Å². The first-order valence-corrected chi connectivity index (χ1v) is 20.9. The lowest BCUT2D eigenvalue weighted by Gasteiger charge is -2.34. The number of benzene rings is 1. The number of sulfone groups is 1. The fraction of sp³-hybridized carbons (Fsp3) is 0.692. The van der Waals surface area contributed by atoms with Gasteiger partial charge in [0.15, 0.2) is 15.9 Å². The Balaban J connectivity index is 1.83. The summed E-state index contributed by atoms with van der Waals surface area (Å²) in [7, 11) is -0.223. The smallest absolute Gasteiger partial charge is 0.410 e. The number of aromatic amines is 1. The van der Waals surface area contributed by atoms with E-state index in [0.717, 1.165) is 37.7 Å². The van der Waals surface area contributed by atoms with E-state index in [1.54, 1.807) is 6.20 Å². The number of hydrogen-bond acceptors (Lipinski definition) is 8. The molecule has 0 radical (unpaired) electrons. The molecule has 52 heavy (non-hydrogen) atoms. The Labute approximate surface area is 311 Å². The van der Waals surface area contributed by atoms with Gasteiger partial charge in [0.2, 0.25) is 5.91 Å². The van der Waals surface area contributed by atoms with Crippen molar-refractivity contribution in [3.05, 3.63) is 54.1 Å². The maximum absolute atomic E-state index is 14.3. The van der Waals surface area contributed by atoms with Gasteiger partial charge in [0.1, 0.15) is 6.04 Å². The predicted molar refractivity (Wildman–Crippen MR) is 203 cm³/mol. The van der Waals surface area contributed by atoms with Gasteiger partial charge < -0.3 is 29.9 Å². The van der Waals surface area contributed by atoms with Crippen molar-refractivity contribution in [3.8, 4) is 0 Å². The molecule has 12 nitrogen and oxygen atoms in total. The van der Waals surface area contributed by atoms with E-state index >= 15 is 0 Å². The van der Waals surface area contributed by atoms with Gasteiger partial charge >= 0.3 is 6.09 Å². The van der Waals surface area contributed by atoms with Crippen molar-refractivity contribution in [2.75, 3.05) is 32.1 Å². The number of amides is 3. The third kappa shape index (κ3) is 14.9. The molecule has 0 saturated heterocycles. The summed E-state index contributed by atoms with van der Waals surface area (Å²) in [5.41, 5.74) is 1.34. The van der Waals surface area contributed by atoms with Gasteiger partial charge in [-0.15, -0.1) is 0 Å². The molecule has 2 aromatic rings. The Hall–Kier alpha value is -3.45. The van der Waals surface area contributed by atoms with E-state index in [1.807, 2.05) is 44.2 Å². The lowest BCUT2D eigenvalue weighted by Crippen LogP contribution is -2.56. The van der Waals surface area contributed by atoms with Gasteiger partial charge in [-0.1, -0.05) is 90.1 Å². The minimum absolute atomic E-state index is 0.00564. The fourth-order valence-corrected chi connectivity index (χ4v) is 8.64. The molecule has 0 spiro atoms. The molecule has 0 unspecified atom stereocenters. The molecule has 1 aromatic carbocycles. The molecule has 3 N–H and O–H groups in total. The van der Waals surface area contributed by atoms with Crippen LogP contribution < -0.4 is 5.32 Å². The summed E-state index contributed by atoms with van der Waals surface area (Å²) >= 11 is 0. The number of aliphatic hydroxyl groups is 1. The molecule has 3 amide bonds. The molecular formula is C39H63N5O7S. The summed E-state index contributed by atoms with van der Waals surface area (Å²) in [5, 5.41) is 14.5. The summed E-state index contributed by atoms with van der Waals surface area (Å²) in [6.45, 7) is 8.04. The zero-order valence-electron chi connectivity index (χ0n) is 32.1. The molecule has 13 heteroatoms. The summed E-state index contributed by atoms with van der Waals surface area (Å²) in [6, 6.07) is 7.69. The van der Waals surface area contributed by atoms with E-state index in [4.69, 9.17) is 4.74 Å². The second-order valence-corrected chi connectivity index (χ2v) is 17.7. The number of carbonyl (C=O) groups excluding carboxylic acids is 3. The predicted octanol–water partition coefficient (Wildman–Crippen LogP) is 5.17. The van der Waals surface area contributed by atoms with Gasteiger partial charge in [-0.25, -0.2) is 18.2 Å². The van der Waals surface area contributed by atoms with E-state index in [2.05, 4.69) is 29.1 Å². The number of carbonyl (C=O) groups is 3. The van der Waals surface area contributed by atoms with Crippen molar-refractivity contribution in [1.82, 2.24) is 25.1 Å². The fourth-order valence-electron chi connectivity index (χ4n) is 6.89. The number of ether oxygens (including phenoxy) is 1. The van der Waals surface area contributed by atoms with Crippen molar-refractivity contribution >= 4 is 27.7 Å². The van der Waals surface area contributed by atoms with Crippen molar-refractivity contribution in [3.63, 3.8) is 0 Å². The lowest BCUT2D eigenvalue weighted by atomic mass is 9.83. The van der Waals surface area contributed by atoms with Crippen LogP contribution in [0.15, 0.2) is 42.9 Å². The van der Waals surface area contributed by atoms with Gasteiger partial charge in [0, 0.05) is 39.7 Å². The van der Waals surface area contributed by atoms with Crippen molar-refractivity contribution < 1.29 is 32.6 Å². The minimum atomic E-state index is -3.26. The number of imidazole rings is 1. The highest BCUT2D eigenvalue weighted by molar-refractivity contribution is 7.91. The average molecular weight is 746 g/mol. The van der Waals surface area contributed by atoms with Crippen LogP contribution in [0.3, 0.4) is 0 Å². The lowest BCUT2D eigenvalue weighted by molar-refractivity contribution is -0.146. The zero-order chi connectivity index (χ0) is 38.3. The monoisotopic (exact) mass is 745 g/mol. The highest BCUT2D eigenvalue weighted by Gasteiger charge is 2.36. The van der Waals surface area contributed by atoms with Gasteiger partial charge in [0.05, 0.1) is 35.7 Å². The standard InChI is InChI=1S/C39H63N5O7S/c1-28(2)18-19-35(45)33(22-30-14-9-7-10-15-30)42-37(46)34(24-32-25-40-27-41-32)44(6)38(47)36(23-31-16-11-8-12-17-31)51-39(48)43(5)20-13-21-52(49,50)26-29(3)4/h8,11-12,16-17,25,27-30,33-36,45H,7,9-10,13-15,18-24,26H2,1-6H3,(H,40,41)(H,42,46)/t33-,34-,35-,36-/m0/s1. The van der Waals surface area contributed by atoms with E-state index in [9.17, 15) is 27.9 Å². The van der Waals surface area contributed by atoms with E-state index in [-0.39, 0.29) is 43.2 Å². The molecule has 1 aliphatic carbocycles. The number of nitrogens with one attached hydrogen (secondary N) is 2. The number of aromatic nitrogens is 2. The number of H-pyrrole nitrogens is 1. The molecule has 1 saturated carbocycles. The Morgan fingerprint density at radius 3 is 2.31 bits per heavy atom. The van der Waals surface area contributed by atoms with Crippen LogP contribution in [0.5, 0.6) is 0 Å². The third-order valence-electron chi connectivity index (χ3n) is 9.85. The maximum atomic E-state index is 14.3. The van der Waals surface area contributed by atoms with Crippen LogP contribution in [0.2, 0.25) is 0 Å². The van der Waals surface area contributed by atoms with Crippen LogP contribution in [0.4, 0.5) is 4.79 Å². The van der Waals surface area contributed by atoms with Crippen LogP contribution in [-0.4, -0.2) is 108 Å². The summed E-state index contributed by atoms with van der Waals surface area (Å²) in [4.78, 5) is 51.8. The van der Waals surface area contributed by atoms with E-state index in [1.165, 1.54) is 36.6 Å². The topological polar surface area (TPSA) is 162 Å². The van der Waals surface area contributed by atoms with Gasteiger partial charge in [-0.3, -0.25) is 9.59 Å². The minimum Gasteiger partial charge on any atom is -0.436 e. The van der Waals surface area contributed by atoms with Crippen molar-refractivity contribution in [2.45, 2.75) is 123 Å². The maximum Gasteiger partial charge on any atom is 0.410 e. The molecular weight excluding hydrogens is 683 g/mol. The van der Waals surface area contributed by atoms with Crippen LogP contribution in [-0.2, 0) is 37.0 Å². The number of nitrogens with zero attached hydrogens (tertiary/aromatic N) is 3. The first kappa shape index (κ1) is 43.0. The molecule has 1 aromatic heterocycles. The highest BCUT2D eigenvalue weighted by Crippen LogP contribution is 2.29. The number of rotatable bonds is 21. The molecule has 0 bridgehead atoms. The molecule has 1 fully saturated rings. The van der Waals surface area contributed by atoms with Crippen LogP contribution >= 0.6 is 0 Å². The first-order valence-electron chi connectivity index (χ1n) is 19.0. The second kappa shape index (κ2) is 21.3. The Morgan fingerprint density at radius 1 is 1.00 bits per heavy atom. The largest absolute Gasteiger partial charge is 0.436 e. The van der Waals surface area contributed by atoms with Gasteiger partial charge in [0.25, 0.3) is 5.91 Å². The summed E-state index contributed by atoms with van der Waals surface area (Å²) in [5.74, 6) is -0.150. The highest BCUT2D eigenvalue weighted by atomic mass is 32.2. The summed E-state index contributed by atoms with van der Waals surface area (Å²) < 4.78 is 30.6. The normalized spacial score (nSPS) is 16.2. The third-order valence-corrected chi connectivity index (χ3v) is 11.9. The Bertz CT molecular complexity index is 1460. The first-order chi connectivity index (χ1) is 24.6. The molecule has 1 aliphatic rings. The molecule has 0 aliphatic heterocycles. The summed E-state index contributed by atoms with van der Waals surface area (Å²) in [6.07, 6.45) is 8.47. The molecule has 3 rings (SSSR count). The Kier molecular flexibility index (Phi) is 17.6. The van der Waals surface area contributed by atoms with Gasteiger partial charge in [-0.05, 0) is 49.0 Å². The van der Waals surface area contributed by atoms with E-state index in [0.29, 0.717) is 30.4 Å². The Morgan fingerprint density at radius 2 is 1.69 bits per heavy atom. The molecule has 292 valence electrons.